The molecule has 0 atom stereocenters. The summed E-state index contributed by atoms with van der Waals surface area (Å²) in [4.78, 5) is 8.75. The first-order valence-corrected chi connectivity index (χ1v) is 8.17. The van der Waals surface area contributed by atoms with E-state index < -0.39 is 0 Å². The quantitative estimate of drug-likeness (QED) is 0.855. The molecule has 7 heteroatoms. The molecule has 0 radical (unpaired) electrons. The monoisotopic (exact) mass is 315 g/mol. The van der Waals surface area contributed by atoms with E-state index in [0.717, 1.165) is 37.8 Å². The van der Waals surface area contributed by atoms with Gasteiger partial charge in [0.15, 0.2) is 0 Å². The summed E-state index contributed by atoms with van der Waals surface area (Å²) in [6.45, 7) is 3.57. The molecule has 4 rings (SSSR count). The molecule has 0 aromatic carbocycles. The van der Waals surface area contributed by atoms with Crippen LogP contribution >= 0.6 is 0 Å². The molecular formula is C16H21N5O2. The van der Waals surface area contributed by atoms with Crippen LogP contribution < -0.4 is 14.5 Å². The molecule has 0 amide bonds. The summed E-state index contributed by atoms with van der Waals surface area (Å²) >= 11 is 0. The molecule has 3 heterocycles. The highest BCUT2D eigenvalue weighted by atomic mass is 16.5. The fourth-order valence-corrected chi connectivity index (χ4v) is 3.01. The van der Waals surface area contributed by atoms with Crippen LogP contribution in [-0.2, 0) is 0 Å². The SMILES string of the molecule is COc1ccc(N2CCN(c3nnc(C4CCC4)o3)CC2)cn1. The first-order chi connectivity index (χ1) is 11.3. The summed E-state index contributed by atoms with van der Waals surface area (Å²) < 4.78 is 11.0. The van der Waals surface area contributed by atoms with E-state index in [-0.39, 0.29) is 0 Å². The molecule has 0 bridgehead atoms. The molecule has 0 spiro atoms. The number of pyridine rings is 1. The van der Waals surface area contributed by atoms with Gasteiger partial charge < -0.3 is 19.0 Å². The van der Waals surface area contributed by atoms with Gasteiger partial charge in [-0.3, -0.25) is 0 Å². The van der Waals surface area contributed by atoms with Gasteiger partial charge >= 0.3 is 6.01 Å². The van der Waals surface area contributed by atoms with Crippen molar-refractivity contribution in [2.45, 2.75) is 25.2 Å². The first kappa shape index (κ1) is 14.3. The van der Waals surface area contributed by atoms with Crippen LogP contribution in [0.4, 0.5) is 11.7 Å². The van der Waals surface area contributed by atoms with Gasteiger partial charge in [0.05, 0.1) is 19.0 Å². The summed E-state index contributed by atoms with van der Waals surface area (Å²) in [5, 5.41) is 8.44. The maximum absolute atomic E-state index is 5.85. The van der Waals surface area contributed by atoms with E-state index in [4.69, 9.17) is 9.15 Å². The fraction of sp³-hybridized carbons (Fsp3) is 0.562. The summed E-state index contributed by atoms with van der Waals surface area (Å²) in [7, 11) is 1.63. The van der Waals surface area contributed by atoms with Gasteiger partial charge in [-0.15, -0.1) is 5.10 Å². The van der Waals surface area contributed by atoms with Gasteiger partial charge in [0.2, 0.25) is 11.8 Å². The van der Waals surface area contributed by atoms with Crippen molar-refractivity contribution in [2.75, 3.05) is 43.1 Å². The van der Waals surface area contributed by atoms with E-state index in [1.807, 2.05) is 18.3 Å². The van der Waals surface area contributed by atoms with Crippen molar-refractivity contribution >= 4 is 11.7 Å². The highest BCUT2D eigenvalue weighted by molar-refractivity contribution is 5.47. The second-order valence-electron chi connectivity index (χ2n) is 6.08. The van der Waals surface area contributed by atoms with Gasteiger partial charge in [-0.2, -0.15) is 0 Å². The van der Waals surface area contributed by atoms with E-state index in [0.29, 0.717) is 17.8 Å². The van der Waals surface area contributed by atoms with Gasteiger partial charge in [-0.05, 0) is 18.9 Å². The Morgan fingerprint density at radius 1 is 1.09 bits per heavy atom. The fourth-order valence-electron chi connectivity index (χ4n) is 3.01. The average Bonchev–Trinajstić information content (AvgIpc) is 3.03. The molecule has 1 saturated heterocycles. The molecule has 2 aromatic rings. The lowest BCUT2D eigenvalue weighted by molar-refractivity contribution is 0.334. The Morgan fingerprint density at radius 3 is 2.48 bits per heavy atom. The molecule has 2 aromatic heterocycles. The number of aromatic nitrogens is 3. The van der Waals surface area contributed by atoms with Crippen molar-refractivity contribution in [1.29, 1.82) is 0 Å². The minimum Gasteiger partial charge on any atom is -0.481 e. The molecule has 2 fully saturated rings. The topological polar surface area (TPSA) is 67.5 Å². The zero-order valence-corrected chi connectivity index (χ0v) is 13.3. The highest BCUT2D eigenvalue weighted by Crippen LogP contribution is 2.36. The second kappa shape index (κ2) is 6.06. The number of hydrogen-bond acceptors (Lipinski definition) is 7. The van der Waals surface area contributed by atoms with Crippen LogP contribution in [0.5, 0.6) is 5.88 Å². The van der Waals surface area contributed by atoms with Gasteiger partial charge in [0.25, 0.3) is 0 Å². The summed E-state index contributed by atoms with van der Waals surface area (Å²) in [6.07, 6.45) is 5.49. The first-order valence-electron chi connectivity index (χ1n) is 8.17. The Morgan fingerprint density at radius 2 is 1.87 bits per heavy atom. The maximum Gasteiger partial charge on any atom is 0.318 e. The molecule has 0 unspecified atom stereocenters. The third kappa shape index (κ3) is 2.83. The molecule has 23 heavy (non-hydrogen) atoms. The molecule has 122 valence electrons. The Bertz CT molecular complexity index is 645. The maximum atomic E-state index is 5.85. The zero-order chi connectivity index (χ0) is 15.6. The average molecular weight is 315 g/mol. The number of piperazine rings is 1. The van der Waals surface area contributed by atoms with Crippen molar-refractivity contribution < 1.29 is 9.15 Å². The van der Waals surface area contributed by atoms with Crippen LogP contribution in [0.1, 0.15) is 31.1 Å². The van der Waals surface area contributed by atoms with E-state index in [1.165, 1.54) is 19.3 Å². The lowest BCUT2D eigenvalue weighted by Gasteiger charge is -2.34. The number of nitrogens with zero attached hydrogens (tertiary/aromatic N) is 5. The van der Waals surface area contributed by atoms with Crippen LogP contribution in [0.15, 0.2) is 22.7 Å². The number of anilines is 2. The summed E-state index contributed by atoms with van der Waals surface area (Å²) in [5.74, 6) is 1.94. The standard InChI is InChI=1S/C16H21N5O2/c1-22-14-6-5-13(11-17-14)20-7-9-21(10-8-20)16-19-18-15(23-16)12-3-2-4-12/h5-6,11-12H,2-4,7-10H2,1H3. The molecular weight excluding hydrogens is 294 g/mol. The lowest BCUT2D eigenvalue weighted by Crippen LogP contribution is -2.46. The summed E-state index contributed by atoms with van der Waals surface area (Å²) in [6, 6.07) is 4.60. The molecule has 1 aliphatic carbocycles. The zero-order valence-electron chi connectivity index (χ0n) is 13.3. The van der Waals surface area contributed by atoms with Crippen LogP contribution in [0.2, 0.25) is 0 Å². The number of methoxy groups -OCH3 is 1. The van der Waals surface area contributed by atoms with Crippen molar-refractivity contribution in [3.8, 4) is 5.88 Å². The highest BCUT2D eigenvalue weighted by Gasteiger charge is 2.27. The van der Waals surface area contributed by atoms with Crippen LogP contribution in [0.3, 0.4) is 0 Å². The van der Waals surface area contributed by atoms with Crippen LogP contribution in [-0.4, -0.2) is 48.5 Å². The van der Waals surface area contributed by atoms with Gasteiger partial charge in [0, 0.05) is 38.2 Å². The van der Waals surface area contributed by atoms with Gasteiger partial charge in [-0.1, -0.05) is 11.5 Å². The lowest BCUT2D eigenvalue weighted by atomic mass is 9.85. The summed E-state index contributed by atoms with van der Waals surface area (Å²) in [5.41, 5.74) is 1.12. The van der Waals surface area contributed by atoms with Crippen molar-refractivity contribution in [2.24, 2.45) is 0 Å². The minimum atomic E-state index is 0.489. The van der Waals surface area contributed by atoms with Gasteiger partial charge in [0.1, 0.15) is 0 Å². The predicted molar refractivity (Wildman–Crippen MR) is 86.1 cm³/mol. The van der Waals surface area contributed by atoms with Crippen LogP contribution in [0, 0.1) is 0 Å². The van der Waals surface area contributed by atoms with E-state index >= 15 is 0 Å². The molecule has 1 saturated carbocycles. The van der Waals surface area contributed by atoms with E-state index in [9.17, 15) is 0 Å². The smallest absolute Gasteiger partial charge is 0.318 e. The minimum absolute atomic E-state index is 0.489. The van der Waals surface area contributed by atoms with Crippen molar-refractivity contribution in [1.82, 2.24) is 15.2 Å². The van der Waals surface area contributed by atoms with Crippen LogP contribution in [0.25, 0.3) is 0 Å². The third-order valence-electron chi connectivity index (χ3n) is 4.73. The number of rotatable bonds is 4. The van der Waals surface area contributed by atoms with Gasteiger partial charge in [-0.25, -0.2) is 4.98 Å². The van der Waals surface area contributed by atoms with E-state index in [1.54, 1.807) is 7.11 Å². The molecule has 2 aliphatic rings. The molecule has 1 aliphatic heterocycles. The predicted octanol–water partition coefficient (Wildman–Crippen LogP) is 2.07. The molecule has 0 N–H and O–H groups in total. The van der Waals surface area contributed by atoms with Crippen molar-refractivity contribution in [3.63, 3.8) is 0 Å². The Balaban J connectivity index is 1.37. The number of ether oxygens (including phenoxy) is 1. The Labute approximate surface area is 135 Å². The number of hydrogen-bond donors (Lipinski definition) is 0. The second-order valence-corrected chi connectivity index (χ2v) is 6.08. The largest absolute Gasteiger partial charge is 0.481 e. The third-order valence-corrected chi connectivity index (χ3v) is 4.73. The molecule has 7 nitrogen and oxygen atoms in total. The normalized spacial score (nSPS) is 18.8. The van der Waals surface area contributed by atoms with Crippen molar-refractivity contribution in [3.05, 3.63) is 24.2 Å². The Kier molecular flexibility index (Phi) is 3.77. The van der Waals surface area contributed by atoms with E-state index in [2.05, 4.69) is 25.0 Å². The Hall–Kier alpha value is -2.31.